The van der Waals surface area contributed by atoms with Crippen molar-refractivity contribution >= 4 is 35.0 Å². The quantitative estimate of drug-likeness (QED) is 0.589. The highest BCUT2D eigenvalue weighted by molar-refractivity contribution is 7.99. The van der Waals surface area contributed by atoms with E-state index in [-0.39, 0.29) is 5.91 Å². The van der Waals surface area contributed by atoms with Crippen LogP contribution in [0.2, 0.25) is 5.02 Å². The smallest absolute Gasteiger partial charge is 0.236 e. The van der Waals surface area contributed by atoms with Crippen molar-refractivity contribution in [3.63, 3.8) is 0 Å². The number of rotatable bonds is 7. The van der Waals surface area contributed by atoms with E-state index in [0.717, 1.165) is 11.3 Å². The van der Waals surface area contributed by atoms with Gasteiger partial charge in [0.15, 0.2) is 0 Å². The SMILES string of the molecule is CCN(C(=O)CSCc1nc(-c2ccc(Cl)cc2)no1)c1ccccc1. The third kappa shape index (κ3) is 4.65. The zero-order valence-corrected chi connectivity index (χ0v) is 15.8. The number of amides is 1. The Labute approximate surface area is 161 Å². The number of hydrogen-bond acceptors (Lipinski definition) is 5. The Balaban J connectivity index is 1.55. The molecule has 0 N–H and O–H groups in total. The van der Waals surface area contributed by atoms with E-state index in [1.807, 2.05) is 49.4 Å². The van der Waals surface area contributed by atoms with Crippen LogP contribution < -0.4 is 4.90 Å². The Morgan fingerprint density at radius 3 is 2.58 bits per heavy atom. The van der Waals surface area contributed by atoms with Crippen LogP contribution in [-0.2, 0) is 10.5 Å². The van der Waals surface area contributed by atoms with Crippen molar-refractivity contribution in [2.75, 3.05) is 17.2 Å². The van der Waals surface area contributed by atoms with Crippen LogP contribution >= 0.6 is 23.4 Å². The summed E-state index contributed by atoms with van der Waals surface area (Å²) in [5.74, 6) is 1.90. The number of anilines is 1. The molecule has 3 rings (SSSR count). The molecule has 0 unspecified atom stereocenters. The van der Waals surface area contributed by atoms with Crippen LogP contribution in [0, 0.1) is 0 Å². The number of halogens is 1. The molecule has 0 bridgehead atoms. The summed E-state index contributed by atoms with van der Waals surface area (Å²) >= 11 is 7.34. The van der Waals surface area contributed by atoms with Gasteiger partial charge in [-0.2, -0.15) is 4.98 Å². The van der Waals surface area contributed by atoms with Crippen LogP contribution in [0.3, 0.4) is 0 Å². The highest BCUT2D eigenvalue weighted by atomic mass is 35.5. The molecule has 5 nitrogen and oxygen atoms in total. The fraction of sp³-hybridized carbons (Fsp3) is 0.211. The van der Waals surface area contributed by atoms with Crippen molar-refractivity contribution in [2.45, 2.75) is 12.7 Å². The molecule has 0 atom stereocenters. The summed E-state index contributed by atoms with van der Waals surface area (Å²) in [5, 5.41) is 4.63. The van der Waals surface area contributed by atoms with Gasteiger partial charge in [-0.3, -0.25) is 4.79 Å². The summed E-state index contributed by atoms with van der Waals surface area (Å²) in [7, 11) is 0. The van der Waals surface area contributed by atoms with Crippen LogP contribution in [0.15, 0.2) is 59.1 Å². The second kappa shape index (κ2) is 8.87. The molecule has 0 fully saturated rings. The third-order valence-electron chi connectivity index (χ3n) is 3.71. The molecule has 1 aromatic heterocycles. The number of aromatic nitrogens is 2. The van der Waals surface area contributed by atoms with E-state index in [1.165, 1.54) is 11.8 Å². The predicted octanol–water partition coefficient (Wildman–Crippen LogP) is 4.68. The van der Waals surface area contributed by atoms with E-state index in [0.29, 0.717) is 34.8 Å². The largest absolute Gasteiger partial charge is 0.338 e. The maximum atomic E-state index is 12.4. The normalized spacial score (nSPS) is 10.7. The Bertz CT molecular complexity index is 853. The van der Waals surface area contributed by atoms with Crippen LogP contribution in [-0.4, -0.2) is 28.3 Å². The van der Waals surface area contributed by atoms with Gasteiger partial charge in [0.05, 0.1) is 11.5 Å². The molecule has 26 heavy (non-hydrogen) atoms. The molecule has 134 valence electrons. The molecule has 0 saturated carbocycles. The molecule has 3 aromatic rings. The van der Waals surface area contributed by atoms with Gasteiger partial charge in [-0.05, 0) is 43.3 Å². The zero-order valence-electron chi connectivity index (χ0n) is 14.3. The van der Waals surface area contributed by atoms with Gasteiger partial charge >= 0.3 is 0 Å². The van der Waals surface area contributed by atoms with E-state index in [9.17, 15) is 4.79 Å². The fourth-order valence-electron chi connectivity index (χ4n) is 2.44. The molecule has 1 heterocycles. The highest BCUT2D eigenvalue weighted by Crippen LogP contribution is 2.21. The molecule has 0 aliphatic carbocycles. The molecule has 0 spiro atoms. The summed E-state index contributed by atoms with van der Waals surface area (Å²) in [4.78, 5) is 18.6. The van der Waals surface area contributed by atoms with Crippen LogP contribution in [0.25, 0.3) is 11.4 Å². The number of carbonyl (C=O) groups is 1. The minimum absolute atomic E-state index is 0.0566. The molecule has 1 amide bonds. The lowest BCUT2D eigenvalue weighted by atomic mass is 10.2. The van der Waals surface area contributed by atoms with Gasteiger partial charge in [0.1, 0.15) is 0 Å². The Morgan fingerprint density at radius 2 is 1.88 bits per heavy atom. The minimum atomic E-state index is 0.0566. The molecule has 0 aliphatic heterocycles. The van der Waals surface area contributed by atoms with E-state index in [4.69, 9.17) is 16.1 Å². The first kappa shape index (κ1) is 18.5. The van der Waals surface area contributed by atoms with Gasteiger partial charge in [-0.15, -0.1) is 11.8 Å². The average Bonchev–Trinajstić information content (AvgIpc) is 3.13. The van der Waals surface area contributed by atoms with Crippen molar-refractivity contribution in [3.8, 4) is 11.4 Å². The zero-order chi connectivity index (χ0) is 18.4. The van der Waals surface area contributed by atoms with Gasteiger partial charge in [-0.1, -0.05) is 35.0 Å². The van der Waals surface area contributed by atoms with Crippen LogP contribution in [0.4, 0.5) is 5.69 Å². The maximum Gasteiger partial charge on any atom is 0.236 e. The number of benzene rings is 2. The summed E-state index contributed by atoms with van der Waals surface area (Å²) in [6.07, 6.45) is 0. The van der Waals surface area contributed by atoms with Gasteiger partial charge in [0.25, 0.3) is 0 Å². The summed E-state index contributed by atoms with van der Waals surface area (Å²) in [6.45, 7) is 2.59. The summed E-state index contributed by atoms with van der Waals surface area (Å²) in [5.41, 5.74) is 1.75. The average molecular weight is 388 g/mol. The van der Waals surface area contributed by atoms with Crippen molar-refractivity contribution in [1.82, 2.24) is 10.1 Å². The molecule has 2 aromatic carbocycles. The highest BCUT2D eigenvalue weighted by Gasteiger charge is 2.15. The molecule has 0 saturated heterocycles. The van der Waals surface area contributed by atoms with E-state index in [2.05, 4.69) is 10.1 Å². The standard InChI is InChI=1S/C19H18ClN3O2S/c1-2-23(16-6-4-3-5-7-16)18(24)13-26-12-17-21-19(22-25-17)14-8-10-15(20)11-9-14/h3-11H,2,12-13H2,1H3. The van der Waals surface area contributed by atoms with Crippen molar-refractivity contribution in [2.24, 2.45) is 0 Å². The van der Waals surface area contributed by atoms with E-state index in [1.54, 1.807) is 17.0 Å². The molecule has 0 aliphatic rings. The first-order valence-electron chi connectivity index (χ1n) is 8.19. The topological polar surface area (TPSA) is 59.2 Å². The lowest BCUT2D eigenvalue weighted by molar-refractivity contribution is -0.116. The van der Waals surface area contributed by atoms with E-state index >= 15 is 0 Å². The lowest BCUT2D eigenvalue weighted by Gasteiger charge is -2.20. The monoisotopic (exact) mass is 387 g/mol. The number of hydrogen-bond donors (Lipinski definition) is 0. The lowest BCUT2D eigenvalue weighted by Crippen LogP contribution is -2.32. The van der Waals surface area contributed by atoms with Crippen molar-refractivity contribution < 1.29 is 9.32 Å². The predicted molar refractivity (Wildman–Crippen MR) is 105 cm³/mol. The second-order valence-electron chi connectivity index (χ2n) is 5.48. The minimum Gasteiger partial charge on any atom is -0.338 e. The Kier molecular flexibility index (Phi) is 6.30. The van der Waals surface area contributed by atoms with Crippen molar-refractivity contribution in [1.29, 1.82) is 0 Å². The molecule has 7 heteroatoms. The summed E-state index contributed by atoms with van der Waals surface area (Å²) in [6, 6.07) is 16.9. The fourth-order valence-corrected chi connectivity index (χ4v) is 3.29. The number of carbonyl (C=O) groups excluding carboxylic acids is 1. The number of thioether (sulfide) groups is 1. The molecular weight excluding hydrogens is 370 g/mol. The number of para-hydroxylation sites is 1. The second-order valence-corrected chi connectivity index (χ2v) is 6.91. The number of nitrogens with zero attached hydrogens (tertiary/aromatic N) is 3. The molecule has 0 radical (unpaired) electrons. The van der Waals surface area contributed by atoms with Gasteiger partial charge in [0, 0.05) is 22.8 Å². The first-order chi connectivity index (χ1) is 12.7. The first-order valence-corrected chi connectivity index (χ1v) is 9.72. The molecular formula is C19H18ClN3O2S. The van der Waals surface area contributed by atoms with E-state index < -0.39 is 0 Å². The van der Waals surface area contributed by atoms with Crippen LogP contribution in [0.5, 0.6) is 0 Å². The van der Waals surface area contributed by atoms with Gasteiger partial charge in [0.2, 0.25) is 17.6 Å². The maximum absolute atomic E-state index is 12.4. The summed E-state index contributed by atoms with van der Waals surface area (Å²) < 4.78 is 5.26. The van der Waals surface area contributed by atoms with Crippen LogP contribution in [0.1, 0.15) is 12.8 Å². The third-order valence-corrected chi connectivity index (χ3v) is 4.86. The Hall–Kier alpha value is -2.31. The Morgan fingerprint density at radius 1 is 1.15 bits per heavy atom. The van der Waals surface area contributed by atoms with Gasteiger partial charge < -0.3 is 9.42 Å². The van der Waals surface area contributed by atoms with Gasteiger partial charge in [-0.25, -0.2) is 0 Å². The van der Waals surface area contributed by atoms with Crippen molar-refractivity contribution in [3.05, 3.63) is 65.5 Å².